The Morgan fingerprint density at radius 3 is 2.53 bits per heavy atom. The van der Waals surface area contributed by atoms with Crippen LogP contribution in [0.4, 0.5) is 10.1 Å². The molecule has 15 heavy (non-hydrogen) atoms. The molecule has 0 amide bonds. The van der Waals surface area contributed by atoms with Gasteiger partial charge in [0.25, 0.3) is 0 Å². The van der Waals surface area contributed by atoms with E-state index in [1.165, 1.54) is 0 Å². The van der Waals surface area contributed by atoms with Crippen LogP contribution >= 0.6 is 0 Å². The second-order valence-electron chi connectivity index (χ2n) is 2.82. The maximum Gasteiger partial charge on any atom is 0.305 e. The van der Waals surface area contributed by atoms with Crippen LogP contribution in [0.3, 0.4) is 0 Å². The summed E-state index contributed by atoms with van der Waals surface area (Å²) in [6.45, 7) is 1.15. The van der Waals surface area contributed by atoms with Crippen LogP contribution in [0.1, 0.15) is 27.6 Å². The highest BCUT2D eigenvalue weighted by atomic mass is 19.1. The summed E-state index contributed by atoms with van der Waals surface area (Å²) in [5.41, 5.74) is -1.16. The molecule has 0 aromatic heterocycles. The summed E-state index contributed by atoms with van der Waals surface area (Å²) in [4.78, 5) is 30.9. The monoisotopic (exact) mass is 211 g/mol. The van der Waals surface area contributed by atoms with Crippen molar-refractivity contribution in [1.82, 2.24) is 0 Å². The van der Waals surface area contributed by atoms with Crippen LogP contribution in [0.2, 0.25) is 0 Å². The van der Waals surface area contributed by atoms with Crippen LogP contribution in [0.15, 0.2) is 12.1 Å². The molecular formula is C9H6FNO4. The van der Waals surface area contributed by atoms with E-state index in [2.05, 4.69) is 0 Å². The molecule has 0 spiro atoms. The highest BCUT2D eigenvalue weighted by Gasteiger charge is 2.19. The lowest BCUT2D eigenvalue weighted by Gasteiger charge is -2.01. The average Bonchev–Trinajstić information content (AvgIpc) is 2.16. The number of Topliss-reactive ketones (excluding diaryl/α,β-unsaturated/α-hetero) is 1. The van der Waals surface area contributed by atoms with Crippen LogP contribution in [0.25, 0.3) is 0 Å². The van der Waals surface area contributed by atoms with E-state index in [1.54, 1.807) is 0 Å². The number of hydrogen-bond donors (Lipinski definition) is 0. The van der Waals surface area contributed by atoms with Gasteiger partial charge in [-0.05, 0) is 13.0 Å². The Labute approximate surface area is 83.7 Å². The molecule has 0 N–H and O–H groups in total. The van der Waals surface area contributed by atoms with E-state index < -0.39 is 22.2 Å². The van der Waals surface area contributed by atoms with Gasteiger partial charge in [-0.1, -0.05) is 0 Å². The first-order chi connectivity index (χ1) is 6.97. The number of benzene rings is 1. The molecule has 0 aliphatic rings. The van der Waals surface area contributed by atoms with Crippen molar-refractivity contribution in [2.24, 2.45) is 0 Å². The molecule has 78 valence electrons. The number of halogens is 1. The first kappa shape index (κ1) is 11.0. The van der Waals surface area contributed by atoms with Gasteiger partial charge < -0.3 is 0 Å². The predicted octanol–water partition coefficient (Wildman–Crippen LogP) is 1.75. The van der Waals surface area contributed by atoms with E-state index >= 15 is 0 Å². The van der Waals surface area contributed by atoms with Crippen molar-refractivity contribution in [3.63, 3.8) is 0 Å². The molecule has 0 saturated carbocycles. The third kappa shape index (κ3) is 2.04. The normalized spacial score (nSPS) is 9.73. The summed E-state index contributed by atoms with van der Waals surface area (Å²) < 4.78 is 13.1. The minimum absolute atomic E-state index is 0.159. The van der Waals surface area contributed by atoms with Crippen molar-refractivity contribution >= 4 is 17.8 Å². The molecule has 0 aliphatic carbocycles. The molecule has 0 unspecified atom stereocenters. The Hall–Kier alpha value is -2.11. The molecule has 0 atom stereocenters. The molecule has 1 rings (SSSR count). The van der Waals surface area contributed by atoms with E-state index in [1.807, 2.05) is 0 Å². The van der Waals surface area contributed by atoms with Gasteiger partial charge in [-0.3, -0.25) is 19.7 Å². The molecule has 1 aromatic rings. The van der Waals surface area contributed by atoms with Crippen molar-refractivity contribution in [3.05, 3.63) is 39.2 Å². The molecule has 1 aromatic carbocycles. The lowest BCUT2D eigenvalue weighted by molar-refractivity contribution is -0.387. The number of hydrogen-bond acceptors (Lipinski definition) is 4. The van der Waals surface area contributed by atoms with Gasteiger partial charge in [-0.2, -0.15) is 4.39 Å². The molecular weight excluding hydrogens is 205 g/mol. The van der Waals surface area contributed by atoms with Gasteiger partial charge in [-0.25, -0.2) is 0 Å². The van der Waals surface area contributed by atoms with Crippen molar-refractivity contribution in [2.45, 2.75) is 6.92 Å². The summed E-state index contributed by atoms with van der Waals surface area (Å²) in [6.07, 6.45) is 0.281. The summed E-state index contributed by atoms with van der Waals surface area (Å²) in [6, 6.07) is 1.45. The number of aldehydes is 1. The maximum atomic E-state index is 13.1. The van der Waals surface area contributed by atoms with Crippen LogP contribution in [0.5, 0.6) is 0 Å². The third-order valence-corrected chi connectivity index (χ3v) is 1.82. The van der Waals surface area contributed by atoms with Gasteiger partial charge in [0.1, 0.15) is 0 Å². The molecule has 0 heterocycles. The fourth-order valence-electron chi connectivity index (χ4n) is 1.12. The number of ketones is 1. The zero-order valence-electron chi connectivity index (χ0n) is 7.69. The smallest absolute Gasteiger partial charge is 0.298 e. The van der Waals surface area contributed by atoms with Crippen LogP contribution < -0.4 is 0 Å². The summed E-state index contributed by atoms with van der Waals surface area (Å²) >= 11 is 0. The minimum atomic E-state index is -1.13. The Morgan fingerprint density at radius 2 is 2.13 bits per heavy atom. The van der Waals surface area contributed by atoms with E-state index in [9.17, 15) is 24.1 Å². The standard InChI is InChI=1S/C9H6FNO4/c1-5(13)7-3-8(10)9(11(14)15)2-6(7)4-12/h2-4H,1H3. The van der Waals surface area contributed by atoms with Gasteiger partial charge in [0.2, 0.25) is 5.82 Å². The zero-order chi connectivity index (χ0) is 11.6. The number of nitrogens with zero attached hydrogens (tertiary/aromatic N) is 1. The molecule has 5 nitrogen and oxygen atoms in total. The maximum absolute atomic E-state index is 13.1. The largest absolute Gasteiger partial charge is 0.305 e. The number of carbonyl (C=O) groups excluding carboxylic acids is 2. The topological polar surface area (TPSA) is 77.3 Å². The Bertz CT molecular complexity index is 456. The average molecular weight is 211 g/mol. The van der Waals surface area contributed by atoms with Crippen molar-refractivity contribution in [1.29, 1.82) is 0 Å². The van der Waals surface area contributed by atoms with Crippen molar-refractivity contribution < 1.29 is 18.9 Å². The number of rotatable bonds is 3. The first-order valence-corrected chi connectivity index (χ1v) is 3.91. The van der Waals surface area contributed by atoms with Crippen molar-refractivity contribution in [2.75, 3.05) is 0 Å². The Morgan fingerprint density at radius 1 is 1.53 bits per heavy atom. The first-order valence-electron chi connectivity index (χ1n) is 3.91. The summed E-state index contributed by atoms with van der Waals surface area (Å²) in [7, 11) is 0. The number of nitro groups is 1. The van der Waals surface area contributed by atoms with Gasteiger partial charge in [-0.15, -0.1) is 0 Å². The van der Waals surface area contributed by atoms with Crippen LogP contribution in [-0.4, -0.2) is 17.0 Å². The molecule has 0 fully saturated rings. The molecule has 0 saturated heterocycles. The summed E-state index contributed by atoms with van der Waals surface area (Å²) in [5, 5.41) is 10.3. The zero-order valence-corrected chi connectivity index (χ0v) is 7.69. The second kappa shape index (κ2) is 3.95. The third-order valence-electron chi connectivity index (χ3n) is 1.82. The van der Waals surface area contributed by atoms with E-state index in [-0.39, 0.29) is 17.4 Å². The van der Waals surface area contributed by atoms with Gasteiger partial charge in [0, 0.05) is 17.2 Å². The second-order valence-corrected chi connectivity index (χ2v) is 2.82. The quantitative estimate of drug-likeness (QED) is 0.330. The van der Waals surface area contributed by atoms with Gasteiger partial charge in [0.05, 0.1) is 4.92 Å². The van der Waals surface area contributed by atoms with E-state index in [4.69, 9.17) is 0 Å². The van der Waals surface area contributed by atoms with E-state index in [0.717, 1.165) is 13.0 Å². The lowest BCUT2D eigenvalue weighted by Crippen LogP contribution is -2.03. The fourth-order valence-corrected chi connectivity index (χ4v) is 1.12. The van der Waals surface area contributed by atoms with Crippen LogP contribution in [-0.2, 0) is 0 Å². The van der Waals surface area contributed by atoms with E-state index in [0.29, 0.717) is 6.07 Å². The lowest BCUT2D eigenvalue weighted by atomic mass is 10.0. The van der Waals surface area contributed by atoms with Crippen LogP contribution in [0, 0.1) is 15.9 Å². The molecule has 6 heteroatoms. The predicted molar refractivity (Wildman–Crippen MR) is 48.4 cm³/mol. The highest BCUT2D eigenvalue weighted by Crippen LogP contribution is 2.21. The SMILES string of the molecule is CC(=O)c1cc(F)c([N+](=O)[O-])cc1C=O. The van der Waals surface area contributed by atoms with Crippen molar-refractivity contribution in [3.8, 4) is 0 Å². The molecule has 0 bridgehead atoms. The molecule has 0 radical (unpaired) electrons. The number of nitro benzene ring substituents is 1. The van der Waals surface area contributed by atoms with Gasteiger partial charge in [0.15, 0.2) is 12.1 Å². The minimum Gasteiger partial charge on any atom is -0.298 e. The fraction of sp³-hybridized carbons (Fsp3) is 0.111. The Kier molecular flexibility index (Phi) is 2.89. The Balaban J connectivity index is 3.48. The van der Waals surface area contributed by atoms with Gasteiger partial charge >= 0.3 is 5.69 Å². The highest BCUT2D eigenvalue weighted by molar-refractivity contribution is 6.01. The molecule has 0 aliphatic heterocycles. The number of carbonyl (C=O) groups is 2. The summed E-state index contributed by atoms with van der Waals surface area (Å²) in [5.74, 6) is -1.65.